The maximum Gasteiger partial charge on any atom is 0.0784 e. The van der Waals surface area contributed by atoms with E-state index >= 15 is 0 Å². The lowest BCUT2D eigenvalue weighted by Crippen LogP contribution is -2.44. The molecule has 0 aliphatic heterocycles. The largest absolute Gasteiger partial charge is 0.395 e. The first-order chi connectivity index (χ1) is 7.47. The Labute approximate surface area is 104 Å². The summed E-state index contributed by atoms with van der Waals surface area (Å²) in [7, 11) is 0. The molecule has 0 amide bonds. The minimum absolute atomic E-state index is 0.0766. The van der Waals surface area contributed by atoms with Crippen LogP contribution in [0.5, 0.6) is 0 Å². The monoisotopic (exact) mass is 244 g/mol. The van der Waals surface area contributed by atoms with Gasteiger partial charge in [0, 0.05) is 18.0 Å². The summed E-state index contributed by atoms with van der Waals surface area (Å²) in [6.07, 6.45) is 4.84. The summed E-state index contributed by atoms with van der Waals surface area (Å²) in [5.74, 6) is 0. The van der Waals surface area contributed by atoms with Crippen molar-refractivity contribution < 1.29 is 5.11 Å². The van der Waals surface area contributed by atoms with E-state index in [2.05, 4.69) is 18.7 Å². The molecule has 0 aromatic heterocycles. The van der Waals surface area contributed by atoms with Gasteiger partial charge in [0.05, 0.1) is 11.6 Å². The summed E-state index contributed by atoms with van der Waals surface area (Å²) in [5, 5.41) is 9.05. The molecule has 3 N–H and O–H groups in total. The Morgan fingerprint density at radius 3 is 2.44 bits per heavy atom. The van der Waals surface area contributed by atoms with Gasteiger partial charge in [-0.25, -0.2) is 0 Å². The van der Waals surface area contributed by atoms with Crippen molar-refractivity contribution in [3.8, 4) is 0 Å². The molecule has 0 aromatic rings. The lowest BCUT2D eigenvalue weighted by Gasteiger charge is -2.38. The van der Waals surface area contributed by atoms with E-state index in [0.717, 1.165) is 19.5 Å². The van der Waals surface area contributed by atoms with E-state index in [1.54, 1.807) is 0 Å². The Morgan fingerprint density at radius 1 is 1.44 bits per heavy atom. The first-order valence-corrected chi connectivity index (χ1v) is 6.53. The van der Waals surface area contributed by atoms with Gasteiger partial charge in [0.2, 0.25) is 0 Å². The number of aliphatic hydroxyl groups is 1. The third kappa shape index (κ3) is 3.68. The number of thiocarbonyl (C=S) groups is 1. The molecule has 0 radical (unpaired) electrons. The second kappa shape index (κ2) is 5.94. The highest BCUT2D eigenvalue weighted by molar-refractivity contribution is 7.80. The van der Waals surface area contributed by atoms with Crippen LogP contribution in [0.4, 0.5) is 0 Å². The lowest BCUT2D eigenvalue weighted by molar-refractivity contribution is 0.0936. The van der Waals surface area contributed by atoms with Gasteiger partial charge in [-0.3, -0.25) is 4.90 Å². The van der Waals surface area contributed by atoms with Gasteiger partial charge in [-0.05, 0) is 25.8 Å². The number of hydrogen-bond donors (Lipinski definition) is 2. The van der Waals surface area contributed by atoms with Gasteiger partial charge < -0.3 is 10.8 Å². The summed E-state index contributed by atoms with van der Waals surface area (Å²) in [4.78, 5) is 2.97. The third-order valence-electron chi connectivity index (χ3n) is 3.67. The van der Waals surface area contributed by atoms with E-state index in [1.165, 1.54) is 19.3 Å². The fourth-order valence-corrected chi connectivity index (χ4v) is 2.01. The van der Waals surface area contributed by atoms with Gasteiger partial charge in [0.15, 0.2) is 0 Å². The van der Waals surface area contributed by atoms with Gasteiger partial charge in [0.25, 0.3) is 0 Å². The minimum atomic E-state index is -0.0766. The first-order valence-electron chi connectivity index (χ1n) is 6.12. The van der Waals surface area contributed by atoms with Crippen LogP contribution in [0.1, 0.15) is 39.5 Å². The zero-order valence-electron chi connectivity index (χ0n) is 10.4. The third-order valence-corrected chi connectivity index (χ3v) is 4.22. The highest BCUT2D eigenvalue weighted by Crippen LogP contribution is 2.27. The predicted molar refractivity (Wildman–Crippen MR) is 71.5 cm³/mol. The van der Waals surface area contributed by atoms with Crippen molar-refractivity contribution in [3.63, 3.8) is 0 Å². The SMILES string of the molecule is CC(C)(CCN(CCO)C1CCC1)C(N)=S. The molecule has 1 rings (SSSR count). The molecule has 0 atom stereocenters. The lowest BCUT2D eigenvalue weighted by atomic mass is 9.87. The molecule has 0 bridgehead atoms. The van der Waals surface area contributed by atoms with E-state index in [0.29, 0.717) is 11.0 Å². The van der Waals surface area contributed by atoms with Crippen LogP contribution in [0.3, 0.4) is 0 Å². The number of nitrogens with two attached hydrogens (primary N) is 1. The fourth-order valence-electron chi connectivity index (χ4n) is 1.90. The topological polar surface area (TPSA) is 49.5 Å². The van der Waals surface area contributed by atoms with E-state index in [1.807, 2.05) is 0 Å². The molecule has 1 aliphatic carbocycles. The quantitative estimate of drug-likeness (QED) is 0.667. The Balaban J connectivity index is 2.39. The zero-order valence-corrected chi connectivity index (χ0v) is 11.2. The Hall–Kier alpha value is -0.190. The van der Waals surface area contributed by atoms with Crippen LogP contribution in [-0.4, -0.2) is 40.7 Å². The van der Waals surface area contributed by atoms with Crippen molar-refractivity contribution in [2.45, 2.75) is 45.6 Å². The maximum atomic E-state index is 9.05. The van der Waals surface area contributed by atoms with E-state index in [-0.39, 0.29) is 12.0 Å². The summed E-state index contributed by atoms with van der Waals surface area (Å²) >= 11 is 5.07. The zero-order chi connectivity index (χ0) is 12.2. The van der Waals surface area contributed by atoms with Crippen LogP contribution in [-0.2, 0) is 0 Å². The summed E-state index contributed by atoms with van der Waals surface area (Å²) in [6, 6.07) is 0.675. The molecule has 1 fully saturated rings. The van der Waals surface area contributed by atoms with Crippen molar-refractivity contribution >= 4 is 17.2 Å². The highest BCUT2D eigenvalue weighted by atomic mass is 32.1. The van der Waals surface area contributed by atoms with Gasteiger partial charge >= 0.3 is 0 Å². The van der Waals surface area contributed by atoms with Crippen LogP contribution in [0.15, 0.2) is 0 Å². The summed E-state index contributed by atoms with van der Waals surface area (Å²) in [5.41, 5.74) is 5.64. The van der Waals surface area contributed by atoms with Gasteiger partial charge in [-0.15, -0.1) is 0 Å². The number of hydrogen-bond acceptors (Lipinski definition) is 3. The molecular formula is C12H24N2OS. The minimum Gasteiger partial charge on any atom is -0.395 e. The molecular weight excluding hydrogens is 220 g/mol. The van der Waals surface area contributed by atoms with Gasteiger partial charge in [-0.1, -0.05) is 32.5 Å². The fraction of sp³-hybridized carbons (Fsp3) is 0.917. The number of rotatable bonds is 7. The Morgan fingerprint density at radius 2 is 2.06 bits per heavy atom. The Kier molecular flexibility index (Phi) is 5.15. The molecule has 1 aliphatic rings. The van der Waals surface area contributed by atoms with Crippen molar-refractivity contribution in [1.29, 1.82) is 0 Å². The number of nitrogens with zero attached hydrogens (tertiary/aromatic N) is 1. The maximum absolute atomic E-state index is 9.05. The highest BCUT2D eigenvalue weighted by Gasteiger charge is 2.27. The molecule has 3 nitrogen and oxygen atoms in total. The van der Waals surface area contributed by atoms with Crippen molar-refractivity contribution in [3.05, 3.63) is 0 Å². The second-order valence-corrected chi connectivity index (χ2v) is 5.78. The molecule has 94 valence electrons. The molecule has 0 spiro atoms. The first kappa shape index (κ1) is 13.9. The molecule has 0 heterocycles. The van der Waals surface area contributed by atoms with Crippen molar-refractivity contribution in [1.82, 2.24) is 4.90 Å². The Bertz CT molecular complexity index is 239. The van der Waals surface area contributed by atoms with E-state index < -0.39 is 0 Å². The van der Waals surface area contributed by atoms with Crippen LogP contribution in [0.25, 0.3) is 0 Å². The van der Waals surface area contributed by atoms with Gasteiger partial charge in [0.1, 0.15) is 0 Å². The normalized spacial score (nSPS) is 17.5. The number of aliphatic hydroxyl groups excluding tert-OH is 1. The van der Waals surface area contributed by atoms with E-state index in [4.69, 9.17) is 23.1 Å². The van der Waals surface area contributed by atoms with Crippen LogP contribution < -0.4 is 5.73 Å². The smallest absolute Gasteiger partial charge is 0.0784 e. The molecule has 16 heavy (non-hydrogen) atoms. The second-order valence-electron chi connectivity index (χ2n) is 5.34. The molecule has 1 saturated carbocycles. The molecule has 4 heteroatoms. The van der Waals surface area contributed by atoms with Crippen LogP contribution in [0, 0.1) is 5.41 Å². The molecule has 0 aromatic carbocycles. The van der Waals surface area contributed by atoms with E-state index in [9.17, 15) is 0 Å². The average molecular weight is 244 g/mol. The summed E-state index contributed by atoms with van der Waals surface area (Å²) < 4.78 is 0. The van der Waals surface area contributed by atoms with Crippen molar-refractivity contribution in [2.75, 3.05) is 19.7 Å². The van der Waals surface area contributed by atoms with Crippen LogP contribution in [0.2, 0.25) is 0 Å². The van der Waals surface area contributed by atoms with Gasteiger partial charge in [-0.2, -0.15) is 0 Å². The average Bonchev–Trinajstić information content (AvgIpc) is 2.11. The van der Waals surface area contributed by atoms with Crippen molar-refractivity contribution in [2.24, 2.45) is 11.1 Å². The molecule has 0 saturated heterocycles. The predicted octanol–water partition coefficient (Wildman–Crippen LogP) is 1.54. The molecule has 0 unspecified atom stereocenters. The van der Waals surface area contributed by atoms with Crippen LogP contribution >= 0.6 is 12.2 Å². The standard InChI is InChI=1S/C12H24N2OS/c1-12(2,11(13)16)6-7-14(8-9-15)10-4-3-5-10/h10,15H,3-9H2,1-2H3,(H2,13,16). The summed E-state index contributed by atoms with van der Waals surface area (Å²) in [6.45, 7) is 6.18.